The molecule has 150 valence electrons. The zero-order valence-electron chi connectivity index (χ0n) is 15.1. The molecule has 0 aliphatic carbocycles. The number of hydrogen-bond donors (Lipinski definition) is 0. The smallest absolute Gasteiger partial charge is 0.259 e. The standard InChI is InChI=1S/C18H19F2N3O4S/c1-2-27-17-13(5-4-8-21-17)18(24)22-9-11-23(12-10-22)28(25,26)16-14(19)6-3-7-15(16)20/h3-8H,2,9-12H2,1H3. The molecule has 0 atom stereocenters. The summed E-state index contributed by atoms with van der Waals surface area (Å²) in [5.74, 6) is -2.42. The molecule has 1 amide bonds. The van der Waals surface area contributed by atoms with Gasteiger partial charge in [0.25, 0.3) is 5.91 Å². The van der Waals surface area contributed by atoms with E-state index in [9.17, 15) is 22.0 Å². The minimum absolute atomic E-state index is 0.0773. The number of pyridine rings is 1. The lowest BCUT2D eigenvalue weighted by Crippen LogP contribution is -2.50. The molecule has 1 fully saturated rings. The second-order valence-corrected chi connectivity index (χ2v) is 7.91. The third-order valence-electron chi connectivity index (χ3n) is 4.33. The van der Waals surface area contributed by atoms with Gasteiger partial charge in [0.15, 0.2) is 4.90 Å². The number of piperazine rings is 1. The van der Waals surface area contributed by atoms with E-state index in [0.717, 1.165) is 22.5 Å². The van der Waals surface area contributed by atoms with E-state index < -0.39 is 26.6 Å². The van der Waals surface area contributed by atoms with Crippen molar-refractivity contribution in [1.29, 1.82) is 0 Å². The van der Waals surface area contributed by atoms with E-state index in [4.69, 9.17) is 4.74 Å². The maximum Gasteiger partial charge on any atom is 0.259 e. The van der Waals surface area contributed by atoms with Crippen molar-refractivity contribution >= 4 is 15.9 Å². The molecule has 0 radical (unpaired) electrons. The van der Waals surface area contributed by atoms with Crippen LogP contribution >= 0.6 is 0 Å². The lowest BCUT2D eigenvalue weighted by Gasteiger charge is -2.34. The lowest BCUT2D eigenvalue weighted by atomic mass is 10.2. The van der Waals surface area contributed by atoms with Crippen molar-refractivity contribution in [2.45, 2.75) is 11.8 Å². The molecule has 2 heterocycles. The van der Waals surface area contributed by atoms with Crippen LogP contribution in [0.25, 0.3) is 0 Å². The van der Waals surface area contributed by atoms with Crippen LogP contribution in [-0.2, 0) is 10.0 Å². The molecule has 1 aliphatic rings. The van der Waals surface area contributed by atoms with Crippen LogP contribution in [0.15, 0.2) is 41.4 Å². The van der Waals surface area contributed by atoms with E-state index in [1.807, 2.05) is 0 Å². The average Bonchev–Trinajstić information content (AvgIpc) is 2.68. The topological polar surface area (TPSA) is 79.8 Å². The Morgan fingerprint density at radius 1 is 1.11 bits per heavy atom. The number of halogens is 2. The number of ether oxygens (including phenoxy) is 1. The molecule has 0 bridgehead atoms. The van der Waals surface area contributed by atoms with Crippen molar-refractivity contribution in [2.75, 3.05) is 32.8 Å². The summed E-state index contributed by atoms with van der Waals surface area (Å²) in [6.45, 7) is 2.12. The maximum absolute atomic E-state index is 13.9. The highest BCUT2D eigenvalue weighted by Crippen LogP contribution is 2.24. The molecule has 3 rings (SSSR count). The fraction of sp³-hybridized carbons (Fsp3) is 0.333. The summed E-state index contributed by atoms with van der Waals surface area (Å²) in [6.07, 6.45) is 1.51. The highest BCUT2D eigenvalue weighted by Gasteiger charge is 2.34. The Bertz CT molecular complexity index is 956. The zero-order chi connectivity index (χ0) is 20.3. The van der Waals surface area contributed by atoms with E-state index in [2.05, 4.69) is 4.98 Å². The summed E-state index contributed by atoms with van der Waals surface area (Å²) >= 11 is 0. The molecule has 1 aromatic carbocycles. The Morgan fingerprint density at radius 2 is 1.75 bits per heavy atom. The van der Waals surface area contributed by atoms with Gasteiger partial charge in [0.05, 0.1) is 6.61 Å². The number of amides is 1. The van der Waals surface area contributed by atoms with Crippen LogP contribution in [0.1, 0.15) is 17.3 Å². The molecule has 1 aromatic heterocycles. The first-order chi connectivity index (χ1) is 13.4. The highest BCUT2D eigenvalue weighted by atomic mass is 32.2. The molecule has 7 nitrogen and oxygen atoms in total. The number of aromatic nitrogens is 1. The SMILES string of the molecule is CCOc1ncccc1C(=O)N1CCN(S(=O)(=O)c2c(F)cccc2F)CC1. The first-order valence-electron chi connectivity index (χ1n) is 8.67. The third kappa shape index (κ3) is 3.83. The fourth-order valence-electron chi connectivity index (χ4n) is 2.97. The molecule has 0 spiro atoms. The zero-order valence-corrected chi connectivity index (χ0v) is 16.0. The predicted octanol–water partition coefficient (Wildman–Crippen LogP) is 1.91. The van der Waals surface area contributed by atoms with Crippen LogP contribution in [0.5, 0.6) is 5.88 Å². The van der Waals surface area contributed by atoms with Gasteiger partial charge >= 0.3 is 0 Å². The van der Waals surface area contributed by atoms with Gasteiger partial charge in [-0.3, -0.25) is 4.79 Å². The molecule has 1 saturated heterocycles. The third-order valence-corrected chi connectivity index (χ3v) is 6.28. The quantitative estimate of drug-likeness (QED) is 0.751. The normalized spacial score (nSPS) is 15.5. The van der Waals surface area contributed by atoms with Gasteiger partial charge in [0, 0.05) is 32.4 Å². The van der Waals surface area contributed by atoms with Gasteiger partial charge in [0.1, 0.15) is 17.2 Å². The monoisotopic (exact) mass is 411 g/mol. The number of carbonyl (C=O) groups excluding carboxylic acids is 1. The molecule has 0 saturated carbocycles. The summed E-state index contributed by atoms with van der Waals surface area (Å²) < 4.78 is 59.4. The van der Waals surface area contributed by atoms with Gasteiger partial charge in [0.2, 0.25) is 15.9 Å². The molecular formula is C18H19F2N3O4S. The van der Waals surface area contributed by atoms with Crippen molar-refractivity contribution in [3.63, 3.8) is 0 Å². The Labute approximate surface area is 161 Å². The predicted molar refractivity (Wildman–Crippen MR) is 96.4 cm³/mol. The molecule has 28 heavy (non-hydrogen) atoms. The van der Waals surface area contributed by atoms with E-state index in [-0.39, 0.29) is 43.5 Å². The van der Waals surface area contributed by atoms with E-state index in [0.29, 0.717) is 6.61 Å². The molecule has 0 unspecified atom stereocenters. The van der Waals surface area contributed by atoms with Crippen LogP contribution in [-0.4, -0.2) is 61.3 Å². The minimum atomic E-state index is -4.35. The summed E-state index contributed by atoms with van der Waals surface area (Å²) in [4.78, 5) is 17.3. The van der Waals surface area contributed by atoms with Crippen molar-refractivity contribution in [2.24, 2.45) is 0 Å². The van der Waals surface area contributed by atoms with Gasteiger partial charge in [-0.25, -0.2) is 22.2 Å². The van der Waals surface area contributed by atoms with Gasteiger partial charge < -0.3 is 9.64 Å². The maximum atomic E-state index is 13.9. The summed E-state index contributed by atoms with van der Waals surface area (Å²) in [6, 6.07) is 6.08. The Morgan fingerprint density at radius 3 is 2.36 bits per heavy atom. The number of rotatable bonds is 5. The molecule has 10 heteroatoms. The first-order valence-corrected chi connectivity index (χ1v) is 10.1. The second kappa shape index (κ2) is 8.19. The van der Waals surface area contributed by atoms with E-state index in [1.54, 1.807) is 19.1 Å². The van der Waals surface area contributed by atoms with Crippen molar-refractivity contribution in [3.05, 3.63) is 53.7 Å². The van der Waals surface area contributed by atoms with Crippen molar-refractivity contribution in [3.8, 4) is 5.88 Å². The average molecular weight is 411 g/mol. The fourth-order valence-corrected chi connectivity index (χ4v) is 4.50. The van der Waals surface area contributed by atoms with E-state index in [1.165, 1.54) is 11.1 Å². The Hall–Kier alpha value is -2.59. The highest BCUT2D eigenvalue weighted by molar-refractivity contribution is 7.89. The van der Waals surface area contributed by atoms with Crippen LogP contribution in [0.4, 0.5) is 8.78 Å². The minimum Gasteiger partial charge on any atom is -0.477 e. The lowest BCUT2D eigenvalue weighted by molar-refractivity contribution is 0.0692. The van der Waals surface area contributed by atoms with Crippen molar-refractivity contribution < 1.29 is 26.7 Å². The van der Waals surface area contributed by atoms with Crippen molar-refractivity contribution in [1.82, 2.24) is 14.2 Å². The van der Waals surface area contributed by atoms with Gasteiger partial charge in [-0.15, -0.1) is 0 Å². The number of benzene rings is 1. The Balaban J connectivity index is 1.75. The van der Waals surface area contributed by atoms with Crippen LogP contribution in [0.2, 0.25) is 0 Å². The molecular weight excluding hydrogens is 392 g/mol. The second-order valence-electron chi connectivity index (χ2n) is 6.04. The number of hydrogen-bond acceptors (Lipinski definition) is 5. The van der Waals surface area contributed by atoms with Crippen LogP contribution < -0.4 is 4.74 Å². The van der Waals surface area contributed by atoms with Gasteiger partial charge in [-0.1, -0.05) is 6.07 Å². The molecule has 2 aromatic rings. The largest absolute Gasteiger partial charge is 0.477 e. The molecule has 1 aliphatic heterocycles. The van der Waals surface area contributed by atoms with Crippen LogP contribution in [0, 0.1) is 11.6 Å². The van der Waals surface area contributed by atoms with Crippen LogP contribution in [0.3, 0.4) is 0 Å². The van der Waals surface area contributed by atoms with E-state index >= 15 is 0 Å². The number of carbonyl (C=O) groups is 1. The number of nitrogens with zero attached hydrogens (tertiary/aromatic N) is 3. The first kappa shape index (κ1) is 20.2. The van der Waals surface area contributed by atoms with Gasteiger partial charge in [-0.2, -0.15) is 4.31 Å². The summed E-state index contributed by atoms with van der Waals surface area (Å²) in [5.41, 5.74) is 0.279. The summed E-state index contributed by atoms with van der Waals surface area (Å²) in [5, 5.41) is 0. The van der Waals surface area contributed by atoms with Gasteiger partial charge in [-0.05, 0) is 31.2 Å². The molecule has 0 N–H and O–H groups in total. The number of sulfonamides is 1. The summed E-state index contributed by atoms with van der Waals surface area (Å²) in [7, 11) is -4.35. The Kier molecular flexibility index (Phi) is 5.90.